The second kappa shape index (κ2) is 6.37. The Balaban J connectivity index is 2.15. The number of aliphatic hydroxyl groups is 1. The van der Waals surface area contributed by atoms with Gasteiger partial charge in [0.2, 0.25) is 0 Å². The van der Waals surface area contributed by atoms with Crippen molar-refractivity contribution in [2.45, 2.75) is 26.4 Å². The van der Waals surface area contributed by atoms with Crippen molar-refractivity contribution >= 4 is 17.2 Å². The number of amides is 1. The molecule has 0 radical (unpaired) electrons. The molecule has 0 fully saturated rings. The summed E-state index contributed by atoms with van der Waals surface area (Å²) in [5, 5.41) is 11.9. The predicted molar refractivity (Wildman–Crippen MR) is 85.4 cm³/mol. The molecule has 0 unspecified atom stereocenters. The normalized spacial score (nSPS) is 11.4. The second-order valence-corrected chi connectivity index (χ2v) is 6.30. The predicted octanol–water partition coefficient (Wildman–Crippen LogP) is 3.04. The highest BCUT2D eigenvalue weighted by atomic mass is 32.1. The lowest BCUT2D eigenvalue weighted by molar-refractivity contribution is 0.0314. The Morgan fingerprint density at radius 3 is 2.48 bits per heavy atom. The molecule has 0 aliphatic rings. The summed E-state index contributed by atoms with van der Waals surface area (Å²) in [4.78, 5) is 18.4. The molecule has 0 spiro atoms. The van der Waals surface area contributed by atoms with Gasteiger partial charge in [0.1, 0.15) is 0 Å². The summed E-state index contributed by atoms with van der Waals surface area (Å²) in [6.07, 6.45) is 0. The van der Waals surface area contributed by atoms with Gasteiger partial charge in [0, 0.05) is 29.6 Å². The maximum Gasteiger partial charge on any atom is 0.253 e. The van der Waals surface area contributed by atoms with Crippen LogP contribution in [-0.2, 0) is 0 Å². The molecule has 5 heteroatoms. The molecule has 1 amide bonds. The van der Waals surface area contributed by atoms with E-state index in [1.807, 2.05) is 36.6 Å². The third-order valence-corrected chi connectivity index (χ3v) is 3.69. The zero-order chi connectivity index (χ0) is 15.5. The van der Waals surface area contributed by atoms with Gasteiger partial charge >= 0.3 is 0 Å². The van der Waals surface area contributed by atoms with E-state index in [1.165, 1.54) is 0 Å². The lowest BCUT2D eigenvalue weighted by atomic mass is 10.1. The van der Waals surface area contributed by atoms with Crippen LogP contribution < -0.4 is 0 Å². The third kappa shape index (κ3) is 4.12. The first-order chi connectivity index (χ1) is 9.90. The minimum Gasteiger partial charge on any atom is -0.389 e. The van der Waals surface area contributed by atoms with Gasteiger partial charge in [-0.1, -0.05) is 12.1 Å². The minimum atomic E-state index is -0.897. The molecule has 1 aromatic carbocycles. The molecule has 1 N–H and O–H groups in total. The maximum absolute atomic E-state index is 12.5. The lowest BCUT2D eigenvalue weighted by Crippen LogP contribution is -2.42. The smallest absolute Gasteiger partial charge is 0.253 e. The Morgan fingerprint density at radius 1 is 1.33 bits per heavy atom. The van der Waals surface area contributed by atoms with Crippen LogP contribution in [-0.4, -0.2) is 39.6 Å². The average Bonchev–Trinajstić information content (AvgIpc) is 2.97. The van der Waals surface area contributed by atoms with Crippen LogP contribution in [0.4, 0.5) is 0 Å². The molecule has 2 rings (SSSR count). The maximum atomic E-state index is 12.5. The number of rotatable bonds is 5. The molecule has 0 aliphatic carbocycles. The summed E-state index contributed by atoms with van der Waals surface area (Å²) in [5.41, 5.74) is 3.43. The fourth-order valence-corrected chi connectivity index (χ4v) is 2.68. The van der Waals surface area contributed by atoms with Crippen molar-refractivity contribution in [3.63, 3.8) is 0 Å². The Bertz CT molecular complexity index is 586. The van der Waals surface area contributed by atoms with E-state index in [9.17, 15) is 9.90 Å². The summed E-state index contributed by atoms with van der Waals surface area (Å²) in [6.45, 7) is 6.20. The molecule has 1 heterocycles. The molecule has 0 saturated heterocycles. The van der Waals surface area contributed by atoms with Gasteiger partial charge < -0.3 is 10.0 Å². The quantitative estimate of drug-likeness (QED) is 0.923. The molecule has 2 aromatic rings. The van der Waals surface area contributed by atoms with Crippen LogP contribution in [0.2, 0.25) is 0 Å². The summed E-state index contributed by atoms with van der Waals surface area (Å²) in [5.74, 6) is -0.0653. The fraction of sp³-hybridized carbons (Fsp3) is 0.375. The average molecular weight is 304 g/mol. The van der Waals surface area contributed by atoms with Gasteiger partial charge in [-0.3, -0.25) is 4.79 Å². The highest BCUT2D eigenvalue weighted by Gasteiger charge is 2.22. The molecule has 0 aliphatic heterocycles. The molecular formula is C16H20N2O2S. The van der Waals surface area contributed by atoms with Crippen LogP contribution in [0.3, 0.4) is 0 Å². The Morgan fingerprint density at radius 2 is 2.00 bits per heavy atom. The van der Waals surface area contributed by atoms with Gasteiger partial charge in [0.05, 0.1) is 16.8 Å². The van der Waals surface area contributed by atoms with Gasteiger partial charge in [0.15, 0.2) is 0 Å². The van der Waals surface area contributed by atoms with E-state index in [0.717, 1.165) is 11.3 Å². The Kier molecular flexibility index (Phi) is 4.75. The first-order valence-corrected chi connectivity index (χ1v) is 7.85. The van der Waals surface area contributed by atoms with Crippen molar-refractivity contribution in [2.24, 2.45) is 0 Å². The van der Waals surface area contributed by atoms with Gasteiger partial charge in [-0.05, 0) is 32.9 Å². The number of carbonyl (C=O) groups is 1. The van der Waals surface area contributed by atoms with E-state index in [2.05, 4.69) is 4.98 Å². The van der Waals surface area contributed by atoms with Crippen molar-refractivity contribution in [2.75, 3.05) is 13.1 Å². The third-order valence-electron chi connectivity index (χ3n) is 3.11. The van der Waals surface area contributed by atoms with Crippen molar-refractivity contribution in [1.82, 2.24) is 9.88 Å². The number of likely N-dealkylation sites (N-methyl/N-ethyl adjacent to an activating group) is 1. The van der Waals surface area contributed by atoms with Crippen LogP contribution in [0.5, 0.6) is 0 Å². The standard InChI is InChI=1S/C16H20N2O2S/c1-4-18(10-16(2,3)20)15(19)13-7-5-12(6-8-13)14-9-21-11-17-14/h5-9,11,20H,4,10H2,1-3H3. The van der Waals surface area contributed by atoms with Gasteiger partial charge in [0.25, 0.3) is 5.91 Å². The number of hydrogen-bond acceptors (Lipinski definition) is 4. The number of thiazole rings is 1. The zero-order valence-corrected chi connectivity index (χ0v) is 13.4. The minimum absolute atomic E-state index is 0.0653. The van der Waals surface area contributed by atoms with Gasteiger partial charge in [-0.15, -0.1) is 11.3 Å². The SMILES string of the molecule is CCN(CC(C)(C)O)C(=O)c1ccc(-c2cscn2)cc1. The van der Waals surface area contributed by atoms with E-state index < -0.39 is 5.60 Å². The molecule has 21 heavy (non-hydrogen) atoms. The van der Waals surface area contributed by atoms with Gasteiger partial charge in [-0.25, -0.2) is 4.98 Å². The number of hydrogen-bond donors (Lipinski definition) is 1. The topological polar surface area (TPSA) is 53.4 Å². The van der Waals surface area contributed by atoms with Gasteiger partial charge in [-0.2, -0.15) is 0 Å². The first kappa shape index (κ1) is 15.7. The molecule has 0 atom stereocenters. The summed E-state index contributed by atoms with van der Waals surface area (Å²) >= 11 is 1.55. The van der Waals surface area contributed by atoms with Crippen molar-refractivity contribution in [3.8, 4) is 11.3 Å². The number of aromatic nitrogens is 1. The summed E-state index contributed by atoms with van der Waals surface area (Å²) in [7, 11) is 0. The van der Waals surface area contributed by atoms with E-state index >= 15 is 0 Å². The number of nitrogens with zero attached hydrogens (tertiary/aromatic N) is 2. The lowest BCUT2D eigenvalue weighted by Gasteiger charge is -2.28. The molecule has 0 saturated carbocycles. The summed E-state index contributed by atoms with van der Waals surface area (Å²) in [6, 6.07) is 7.43. The van der Waals surface area contributed by atoms with Crippen molar-refractivity contribution in [1.29, 1.82) is 0 Å². The van der Waals surface area contributed by atoms with Crippen LogP contribution >= 0.6 is 11.3 Å². The molecule has 0 bridgehead atoms. The fourth-order valence-electron chi connectivity index (χ4n) is 2.12. The van der Waals surface area contributed by atoms with Crippen molar-refractivity contribution in [3.05, 3.63) is 40.7 Å². The second-order valence-electron chi connectivity index (χ2n) is 5.58. The van der Waals surface area contributed by atoms with E-state index in [4.69, 9.17) is 0 Å². The van der Waals surface area contributed by atoms with Crippen LogP contribution in [0, 0.1) is 0 Å². The van der Waals surface area contributed by atoms with E-state index in [-0.39, 0.29) is 5.91 Å². The highest BCUT2D eigenvalue weighted by Crippen LogP contribution is 2.20. The van der Waals surface area contributed by atoms with Crippen LogP contribution in [0.1, 0.15) is 31.1 Å². The Hall–Kier alpha value is -1.72. The van der Waals surface area contributed by atoms with Crippen molar-refractivity contribution < 1.29 is 9.90 Å². The molecule has 4 nitrogen and oxygen atoms in total. The Labute approximate surface area is 129 Å². The largest absolute Gasteiger partial charge is 0.389 e. The number of carbonyl (C=O) groups excluding carboxylic acids is 1. The monoisotopic (exact) mass is 304 g/mol. The zero-order valence-electron chi connectivity index (χ0n) is 12.5. The van der Waals surface area contributed by atoms with E-state index in [0.29, 0.717) is 18.7 Å². The van der Waals surface area contributed by atoms with Crippen LogP contribution in [0.25, 0.3) is 11.3 Å². The number of benzene rings is 1. The summed E-state index contributed by atoms with van der Waals surface area (Å²) < 4.78 is 0. The highest BCUT2D eigenvalue weighted by molar-refractivity contribution is 7.07. The molecular weight excluding hydrogens is 284 g/mol. The van der Waals surface area contributed by atoms with E-state index in [1.54, 1.807) is 35.6 Å². The molecule has 1 aromatic heterocycles. The van der Waals surface area contributed by atoms with Crippen LogP contribution in [0.15, 0.2) is 35.2 Å². The first-order valence-electron chi connectivity index (χ1n) is 6.91. The molecule has 112 valence electrons.